The molecule has 124 valence electrons. The third-order valence-electron chi connectivity index (χ3n) is 3.85. The maximum atomic E-state index is 13.3. The van der Waals surface area contributed by atoms with Crippen molar-refractivity contribution in [3.8, 4) is 11.8 Å². The topological polar surface area (TPSA) is 96.5 Å². The fourth-order valence-electron chi connectivity index (χ4n) is 2.38. The molecule has 1 aromatic heterocycles. The molecular formula is C15H15FN6OS. The minimum absolute atomic E-state index is 0.0691. The van der Waals surface area contributed by atoms with Gasteiger partial charge in [-0.25, -0.2) is 4.39 Å². The van der Waals surface area contributed by atoms with Crippen LogP contribution in [0.15, 0.2) is 29.4 Å². The van der Waals surface area contributed by atoms with E-state index in [-0.39, 0.29) is 17.6 Å². The summed E-state index contributed by atoms with van der Waals surface area (Å²) in [5, 5.41) is 23.7. The van der Waals surface area contributed by atoms with Crippen molar-refractivity contribution in [3.05, 3.63) is 30.1 Å². The van der Waals surface area contributed by atoms with E-state index in [1.165, 1.54) is 16.8 Å². The first-order valence-corrected chi connectivity index (χ1v) is 8.40. The third kappa shape index (κ3) is 3.54. The summed E-state index contributed by atoms with van der Waals surface area (Å²) in [5.41, 5.74) is -0.352. The number of nitriles is 1. The molecule has 7 nitrogen and oxygen atoms in total. The van der Waals surface area contributed by atoms with Crippen LogP contribution in [0.5, 0.6) is 0 Å². The second-order valence-corrected chi connectivity index (χ2v) is 6.72. The molecule has 3 rings (SSSR count). The van der Waals surface area contributed by atoms with E-state index in [1.54, 1.807) is 19.1 Å². The van der Waals surface area contributed by atoms with E-state index in [2.05, 4.69) is 26.9 Å². The summed E-state index contributed by atoms with van der Waals surface area (Å²) in [6.45, 7) is 1.74. The van der Waals surface area contributed by atoms with Crippen molar-refractivity contribution >= 4 is 17.7 Å². The molecule has 9 heteroatoms. The van der Waals surface area contributed by atoms with Crippen LogP contribution in [-0.2, 0) is 4.79 Å². The Morgan fingerprint density at radius 2 is 2.38 bits per heavy atom. The molecule has 0 radical (unpaired) electrons. The van der Waals surface area contributed by atoms with Crippen molar-refractivity contribution in [1.82, 2.24) is 25.5 Å². The zero-order valence-corrected chi connectivity index (χ0v) is 13.8. The molecular weight excluding hydrogens is 331 g/mol. The third-order valence-corrected chi connectivity index (χ3v) is 4.77. The normalized spacial score (nSPS) is 16.2. The maximum absolute atomic E-state index is 13.3. The second-order valence-electron chi connectivity index (χ2n) is 5.78. The molecule has 1 amide bonds. The SMILES string of the molecule is C[C@@](C#N)(NC(=O)CSc1nnnn1-c1cccc(F)c1)C1CC1. The maximum Gasteiger partial charge on any atom is 0.231 e. The highest BCUT2D eigenvalue weighted by molar-refractivity contribution is 7.99. The fourth-order valence-corrected chi connectivity index (χ4v) is 3.07. The molecule has 0 saturated heterocycles. The second kappa shape index (κ2) is 6.57. The Bertz CT molecular complexity index is 799. The lowest BCUT2D eigenvalue weighted by Crippen LogP contribution is -2.47. The summed E-state index contributed by atoms with van der Waals surface area (Å²) in [6.07, 6.45) is 1.91. The molecule has 1 heterocycles. The number of benzene rings is 1. The van der Waals surface area contributed by atoms with Crippen molar-refractivity contribution < 1.29 is 9.18 Å². The van der Waals surface area contributed by atoms with Gasteiger partial charge in [0.2, 0.25) is 11.1 Å². The highest BCUT2D eigenvalue weighted by Crippen LogP contribution is 2.39. The Morgan fingerprint density at radius 3 is 3.04 bits per heavy atom. The van der Waals surface area contributed by atoms with Crippen LogP contribution in [0.1, 0.15) is 19.8 Å². The number of hydrogen-bond acceptors (Lipinski definition) is 6. The van der Waals surface area contributed by atoms with Crippen molar-refractivity contribution in [3.63, 3.8) is 0 Å². The molecule has 1 saturated carbocycles. The number of tetrazole rings is 1. The van der Waals surface area contributed by atoms with E-state index in [0.717, 1.165) is 24.6 Å². The minimum Gasteiger partial charge on any atom is -0.337 e. The lowest BCUT2D eigenvalue weighted by Gasteiger charge is -2.22. The Balaban J connectivity index is 1.65. The van der Waals surface area contributed by atoms with Crippen LogP contribution in [0.2, 0.25) is 0 Å². The average Bonchev–Trinajstić information content (AvgIpc) is 3.32. The molecule has 1 aromatic carbocycles. The number of nitrogens with one attached hydrogen (secondary N) is 1. The first-order chi connectivity index (χ1) is 11.5. The molecule has 24 heavy (non-hydrogen) atoms. The number of aromatic nitrogens is 4. The standard InChI is InChI=1S/C15H15FN6OS/c1-15(9-17,10-5-6-10)18-13(23)8-24-14-19-20-21-22(14)12-4-2-3-11(16)7-12/h2-4,7,10H,5-6,8H2,1H3,(H,18,23)/t15-/m0/s1. The van der Waals surface area contributed by atoms with Crippen LogP contribution in [0.4, 0.5) is 4.39 Å². The number of rotatable bonds is 6. The summed E-state index contributed by atoms with van der Waals surface area (Å²) >= 11 is 1.13. The number of carbonyl (C=O) groups is 1. The molecule has 1 fully saturated rings. The number of nitrogens with zero attached hydrogens (tertiary/aromatic N) is 5. The molecule has 2 aromatic rings. The van der Waals surface area contributed by atoms with Gasteiger partial charge < -0.3 is 5.32 Å². The molecule has 0 aliphatic heterocycles. The summed E-state index contributed by atoms with van der Waals surface area (Å²) < 4.78 is 14.7. The van der Waals surface area contributed by atoms with Crippen LogP contribution in [0, 0.1) is 23.1 Å². The van der Waals surface area contributed by atoms with Crippen LogP contribution in [0.25, 0.3) is 5.69 Å². The fraction of sp³-hybridized carbons (Fsp3) is 0.400. The number of carbonyl (C=O) groups excluding carboxylic acids is 1. The van der Waals surface area contributed by atoms with E-state index < -0.39 is 11.4 Å². The largest absolute Gasteiger partial charge is 0.337 e. The Morgan fingerprint density at radius 1 is 1.58 bits per heavy atom. The number of hydrogen-bond donors (Lipinski definition) is 1. The Labute approximate surface area is 142 Å². The summed E-state index contributed by atoms with van der Waals surface area (Å²) in [4.78, 5) is 12.1. The van der Waals surface area contributed by atoms with Gasteiger partial charge in [0.1, 0.15) is 11.4 Å². The molecule has 1 aliphatic rings. The first-order valence-electron chi connectivity index (χ1n) is 7.41. The van der Waals surface area contributed by atoms with Gasteiger partial charge >= 0.3 is 0 Å². The van der Waals surface area contributed by atoms with Crippen molar-refractivity contribution in [2.45, 2.75) is 30.5 Å². The van der Waals surface area contributed by atoms with Gasteiger partial charge in [-0.1, -0.05) is 17.8 Å². The number of amides is 1. The average molecular weight is 346 g/mol. The highest BCUT2D eigenvalue weighted by Gasteiger charge is 2.42. The quantitative estimate of drug-likeness (QED) is 0.800. The van der Waals surface area contributed by atoms with Gasteiger partial charge in [0.25, 0.3) is 0 Å². The minimum atomic E-state index is -0.827. The monoisotopic (exact) mass is 346 g/mol. The van der Waals surface area contributed by atoms with Gasteiger partial charge in [0.05, 0.1) is 17.5 Å². The number of thioether (sulfide) groups is 1. The van der Waals surface area contributed by atoms with E-state index in [0.29, 0.717) is 10.8 Å². The van der Waals surface area contributed by atoms with Crippen molar-refractivity contribution in [1.29, 1.82) is 5.26 Å². The first kappa shape index (κ1) is 16.4. The van der Waals surface area contributed by atoms with Gasteiger partial charge in [-0.3, -0.25) is 4.79 Å². The van der Waals surface area contributed by atoms with E-state index >= 15 is 0 Å². The zero-order valence-electron chi connectivity index (χ0n) is 12.9. The number of halogens is 1. The van der Waals surface area contributed by atoms with Crippen LogP contribution >= 0.6 is 11.8 Å². The van der Waals surface area contributed by atoms with Gasteiger partial charge in [-0.15, -0.1) is 5.10 Å². The molecule has 1 N–H and O–H groups in total. The summed E-state index contributed by atoms with van der Waals surface area (Å²) in [6, 6.07) is 8.04. The van der Waals surface area contributed by atoms with Gasteiger partial charge in [0.15, 0.2) is 0 Å². The van der Waals surface area contributed by atoms with Crippen molar-refractivity contribution in [2.75, 3.05) is 5.75 Å². The summed E-state index contributed by atoms with van der Waals surface area (Å²) in [5.74, 6) is -0.371. The van der Waals surface area contributed by atoms with E-state index in [4.69, 9.17) is 0 Å². The Hall–Kier alpha value is -2.47. The van der Waals surface area contributed by atoms with Gasteiger partial charge in [-0.2, -0.15) is 9.94 Å². The lowest BCUT2D eigenvalue weighted by molar-refractivity contribution is -0.119. The van der Waals surface area contributed by atoms with Crippen LogP contribution in [0.3, 0.4) is 0 Å². The molecule has 1 aliphatic carbocycles. The molecule has 0 unspecified atom stereocenters. The van der Waals surface area contributed by atoms with Crippen molar-refractivity contribution in [2.24, 2.45) is 5.92 Å². The van der Waals surface area contributed by atoms with Gasteiger partial charge in [-0.05, 0) is 54.3 Å². The lowest BCUT2D eigenvalue weighted by atomic mass is 9.98. The van der Waals surface area contributed by atoms with E-state index in [1.807, 2.05) is 0 Å². The molecule has 0 spiro atoms. The highest BCUT2D eigenvalue weighted by atomic mass is 32.2. The van der Waals surface area contributed by atoms with Gasteiger partial charge in [0, 0.05) is 0 Å². The smallest absolute Gasteiger partial charge is 0.231 e. The molecule has 0 bridgehead atoms. The van der Waals surface area contributed by atoms with Crippen LogP contribution < -0.4 is 5.32 Å². The molecule has 1 atom stereocenters. The van der Waals surface area contributed by atoms with Crippen LogP contribution in [-0.4, -0.2) is 37.4 Å². The van der Waals surface area contributed by atoms with E-state index in [9.17, 15) is 14.4 Å². The predicted octanol–water partition coefficient (Wildman–Crippen LogP) is 1.70. The predicted molar refractivity (Wildman–Crippen MR) is 84.7 cm³/mol. The summed E-state index contributed by atoms with van der Waals surface area (Å²) in [7, 11) is 0. The Kier molecular flexibility index (Phi) is 4.49. The zero-order chi connectivity index (χ0) is 17.2.